The highest BCUT2D eigenvalue weighted by atomic mass is 16.5. The first-order valence-electron chi connectivity index (χ1n) is 7.84. The van der Waals surface area contributed by atoms with Crippen LogP contribution >= 0.6 is 0 Å². The summed E-state index contributed by atoms with van der Waals surface area (Å²) >= 11 is 0. The topological polar surface area (TPSA) is 55.6 Å². The lowest BCUT2D eigenvalue weighted by atomic mass is 10.0. The summed E-state index contributed by atoms with van der Waals surface area (Å²) in [4.78, 5) is 13.7. The van der Waals surface area contributed by atoms with Gasteiger partial charge in [-0.15, -0.1) is 0 Å². The van der Waals surface area contributed by atoms with Crippen LogP contribution in [0.25, 0.3) is 0 Å². The van der Waals surface area contributed by atoms with Gasteiger partial charge in [-0.05, 0) is 30.5 Å². The zero-order chi connectivity index (χ0) is 16.8. The summed E-state index contributed by atoms with van der Waals surface area (Å²) < 4.78 is 10.6. The summed E-state index contributed by atoms with van der Waals surface area (Å²) in [5, 5.41) is 3.89. The molecule has 2 aromatic rings. The van der Waals surface area contributed by atoms with Crippen molar-refractivity contribution in [3.05, 3.63) is 47.3 Å². The average Bonchev–Trinajstić information content (AvgIpc) is 2.92. The zero-order valence-electron chi connectivity index (χ0n) is 14.2. The van der Waals surface area contributed by atoms with Crippen LogP contribution in [0.15, 0.2) is 34.9 Å². The molecular weight excluding hydrogens is 292 g/mol. The summed E-state index contributed by atoms with van der Waals surface area (Å²) in [7, 11) is 1.75. The minimum absolute atomic E-state index is 0.0180. The Balaban J connectivity index is 1.75. The van der Waals surface area contributed by atoms with Crippen LogP contribution < -0.4 is 4.74 Å². The minimum Gasteiger partial charge on any atom is -0.493 e. The number of carbonyl (C=O) groups is 1. The van der Waals surface area contributed by atoms with Crippen molar-refractivity contribution < 1.29 is 14.1 Å². The Morgan fingerprint density at radius 3 is 2.57 bits per heavy atom. The highest BCUT2D eigenvalue weighted by Crippen LogP contribution is 2.18. The molecule has 0 aliphatic heterocycles. The number of carbonyl (C=O) groups excluding carboxylic acids is 1. The molecule has 0 fully saturated rings. The maximum Gasteiger partial charge on any atom is 0.226 e. The fourth-order valence-electron chi connectivity index (χ4n) is 2.22. The first-order valence-corrected chi connectivity index (χ1v) is 7.84. The van der Waals surface area contributed by atoms with Gasteiger partial charge in [-0.2, -0.15) is 0 Å². The highest BCUT2D eigenvalue weighted by molar-refractivity contribution is 5.75. The van der Waals surface area contributed by atoms with Gasteiger partial charge >= 0.3 is 0 Å². The van der Waals surface area contributed by atoms with E-state index in [2.05, 4.69) is 31.1 Å². The SMILES string of the molecule is Cc1cc(CN(C)C(=O)CCOc2ccc(C(C)C)cc2)no1. The van der Waals surface area contributed by atoms with Gasteiger partial charge in [0.05, 0.1) is 19.6 Å². The molecule has 5 nitrogen and oxygen atoms in total. The highest BCUT2D eigenvalue weighted by Gasteiger charge is 2.11. The molecule has 0 spiro atoms. The molecule has 0 radical (unpaired) electrons. The second-order valence-corrected chi connectivity index (χ2v) is 6.00. The largest absolute Gasteiger partial charge is 0.493 e. The summed E-state index contributed by atoms with van der Waals surface area (Å²) in [6, 6.07) is 9.83. The molecule has 23 heavy (non-hydrogen) atoms. The first-order chi connectivity index (χ1) is 11.0. The molecule has 1 aromatic carbocycles. The first kappa shape index (κ1) is 17.1. The third-order valence-electron chi connectivity index (χ3n) is 3.63. The number of aryl methyl sites for hydroxylation is 1. The fourth-order valence-corrected chi connectivity index (χ4v) is 2.22. The van der Waals surface area contributed by atoms with Crippen molar-refractivity contribution in [2.75, 3.05) is 13.7 Å². The number of hydrogen-bond donors (Lipinski definition) is 0. The van der Waals surface area contributed by atoms with E-state index >= 15 is 0 Å². The second kappa shape index (κ2) is 7.81. The number of rotatable bonds is 7. The Morgan fingerprint density at radius 1 is 1.30 bits per heavy atom. The molecule has 0 unspecified atom stereocenters. The number of amides is 1. The molecule has 5 heteroatoms. The van der Waals surface area contributed by atoms with E-state index in [9.17, 15) is 4.79 Å². The van der Waals surface area contributed by atoms with Crippen molar-refractivity contribution in [3.63, 3.8) is 0 Å². The van der Waals surface area contributed by atoms with E-state index in [1.54, 1.807) is 11.9 Å². The van der Waals surface area contributed by atoms with Crippen LogP contribution in [0, 0.1) is 6.92 Å². The number of benzene rings is 1. The van der Waals surface area contributed by atoms with Crippen LogP contribution in [0.1, 0.15) is 43.2 Å². The van der Waals surface area contributed by atoms with Crippen molar-refractivity contribution in [3.8, 4) is 5.75 Å². The molecule has 0 saturated heterocycles. The third kappa shape index (κ3) is 5.13. The molecule has 0 saturated carbocycles. The van der Waals surface area contributed by atoms with Gasteiger partial charge < -0.3 is 14.2 Å². The predicted octanol–water partition coefficient (Wildman–Crippen LogP) is 3.53. The molecule has 1 amide bonds. The monoisotopic (exact) mass is 316 g/mol. The van der Waals surface area contributed by atoms with Gasteiger partial charge in [0.15, 0.2) is 0 Å². The standard InChI is InChI=1S/C18H24N2O3/c1-13(2)15-5-7-17(8-6-15)22-10-9-18(21)20(4)12-16-11-14(3)23-19-16/h5-8,11,13H,9-10,12H2,1-4H3. The van der Waals surface area contributed by atoms with Crippen LogP contribution in [0.5, 0.6) is 5.75 Å². The van der Waals surface area contributed by atoms with Gasteiger partial charge in [0.2, 0.25) is 5.91 Å². The molecule has 2 rings (SSSR count). The lowest BCUT2D eigenvalue weighted by Crippen LogP contribution is -2.27. The van der Waals surface area contributed by atoms with Crippen molar-refractivity contribution in [1.82, 2.24) is 10.1 Å². The Kier molecular flexibility index (Phi) is 5.79. The molecule has 0 aliphatic rings. The summed E-state index contributed by atoms with van der Waals surface area (Å²) in [5.74, 6) is 2.05. The minimum atomic E-state index is 0.0180. The lowest BCUT2D eigenvalue weighted by Gasteiger charge is -2.15. The van der Waals surface area contributed by atoms with E-state index in [0.29, 0.717) is 25.5 Å². The van der Waals surface area contributed by atoms with Crippen LogP contribution in [0.2, 0.25) is 0 Å². The van der Waals surface area contributed by atoms with Crippen LogP contribution in [0.4, 0.5) is 0 Å². The molecule has 0 aliphatic carbocycles. The van der Waals surface area contributed by atoms with E-state index in [4.69, 9.17) is 9.26 Å². The van der Waals surface area contributed by atoms with Crippen LogP contribution in [-0.2, 0) is 11.3 Å². The van der Waals surface area contributed by atoms with Crippen LogP contribution in [-0.4, -0.2) is 29.6 Å². The number of ether oxygens (including phenoxy) is 1. The maximum atomic E-state index is 12.1. The number of aromatic nitrogens is 1. The summed E-state index contributed by atoms with van der Waals surface area (Å²) in [6.45, 7) is 6.94. The van der Waals surface area contributed by atoms with Gasteiger partial charge in [-0.1, -0.05) is 31.1 Å². The molecule has 1 aromatic heterocycles. The maximum absolute atomic E-state index is 12.1. The summed E-state index contributed by atoms with van der Waals surface area (Å²) in [5.41, 5.74) is 2.03. The van der Waals surface area contributed by atoms with Gasteiger partial charge in [0, 0.05) is 13.1 Å². The van der Waals surface area contributed by atoms with Crippen molar-refractivity contribution in [2.45, 2.75) is 39.7 Å². The van der Waals surface area contributed by atoms with Crippen LogP contribution in [0.3, 0.4) is 0 Å². The Morgan fingerprint density at radius 2 is 2.00 bits per heavy atom. The molecule has 0 bridgehead atoms. The van der Waals surface area contributed by atoms with Gasteiger partial charge in [0.1, 0.15) is 17.2 Å². The van der Waals surface area contributed by atoms with Gasteiger partial charge in [0.25, 0.3) is 0 Å². The van der Waals surface area contributed by atoms with E-state index < -0.39 is 0 Å². The van der Waals surface area contributed by atoms with E-state index in [0.717, 1.165) is 17.2 Å². The van der Waals surface area contributed by atoms with Gasteiger partial charge in [-0.25, -0.2) is 0 Å². The lowest BCUT2D eigenvalue weighted by molar-refractivity contribution is -0.131. The Hall–Kier alpha value is -2.30. The summed E-state index contributed by atoms with van der Waals surface area (Å²) in [6.07, 6.45) is 0.333. The Bertz CT molecular complexity index is 632. The number of nitrogens with zero attached hydrogens (tertiary/aromatic N) is 2. The molecule has 0 N–H and O–H groups in total. The fraction of sp³-hybridized carbons (Fsp3) is 0.444. The molecule has 1 heterocycles. The van der Waals surface area contributed by atoms with E-state index in [1.165, 1.54) is 5.56 Å². The predicted molar refractivity (Wildman–Crippen MR) is 88.4 cm³/mol. The van der Waals surface area contributed by atoms with Crippen molar-refractivity contribution >= 4 is 5.91 Å². The van der Waals surface area contributed by atoms with E-state index in [1.807, 2.05) is 25.1 Å². The van der Waals surface area contributed by atoms with Crippen molar-refractivity contribution in [1.29, 1.82) is 0 Å². The Labute approximate surface area is 137 Å². The third-order valence-corrected chi connectivity index (χ3v) is 3.63. The van der Waals surface area contributed by atoms with E-state index in [-0.39, 0.29) is 5.91 Å². The van der Waals surface area contributed by atoms with Crippen molar-refractivity contribution in [2.24, 2.45) is 0 Å². The molecular formula is C18H24N2O3. The smallest absolute Gasteiger partial charge is 0.226 e. The molecule has 124 valence electrons. The quantitative estimate of drug-likeness (QED) is 0.784. The number of hydrogen-bond acceptors (Lipinski definition) is 4. The average molecular weight is 316 g/mol. The molecule has 0 atom stereocenters. The zero-order valence-corrected chi connectivity index (χ0v) is 14.2. The van der Waals surface area contributed by atoms with Gasteiger partial charge in [-0.3, -0.25) is 4.79 Å². The second-order valence-electron chi connectivity index (χ2n) is 6.00. The normalized spacial score (nSPS) is 10.8.